The molecule has 3 heteroatoms. The Morgan fingerprint density at radius 1 is 1.26 bits per heavy atom. The highest BCUT2D eigenvalue weighted by Crippen LogP contribution is 2.26. The van der Waals surface area contributed by atoms with Gasteiger partial charge in [-0.15, -0.1) is 0 Å². The van der Waals surface area contributed by atoms with Crippen LogP contribution in [0.1, 0.15) is 39.2 Å². The average Bonchev–Trinajstić information content (AvgIpc) is 2.34. The molecule has 1 aromatic rings. The van der Waals surface area contributed by atoms with Gasteiger partial charge in [0.15, 0.2) is 0 Å². The van der Waals surface area contributed by atoms with Gasteiger partial charge in [-0.25, -0.2) is 4.79 Å². The molecular weight excluding hydrogens is 240 g/mol. The predicted molar refractivity (Wildman–Crippen MR) is 76.6 cm³/mol. The van der Waals surface area contributed by atoms with Crippen LogP contribution in [-0.4, -0.2) is 17.7 Å². The number of aliphatic carboxylic acids is 1. The quantitative estimate of drug-likeness (QED) is 0.792. The summed E-state index contributed by atoms with van der Waals surface area (Å²) in [5.74, 6) is 0.434. The molecule has 0 aliphatic rings. The Morgan fingerprint density at radius 2 is 1.89 bits per heavy atom. The first kappa shape index (κ1) is 15.3. The maximum absolute atomic E-state index is 10.8. The van der Waals surface area contributed by atoms with Crippen LogP contribution >= 0.6 is 0 Å². The highest BCUT2D eigenvalue weighted by atomic mass is 16.5. The molecule has 1 N–H and O–H groups in total. The van der Waals surface area contributed by atoms with Gasteiger partial charge < -0.3 is 9.84 Å². The smallest absolute Gasteiger partial charge is 0.328 e. The summed E-state index contributed by atoms with van der Waals surface area (Å²) in [5, 5.41) is 8.84. The third-order valence-electron chi connectivity index (χ3n) is 2.99. The van der Waals surface area contributed by atoms with Crippen LogP contribution in [0.5, 0.6) is 5.75 Å². The van der Waals surface area contributed by atoms with Crippen LogP contribution < -0.4 is 4.74 Å². The summed E-state index contributed by atoms with van der Waals surface area (Å²) in [6, 6.07) is 7.87. The van der Waals surface area contributed by atoms with Crippen molar-refractivity contribution >= 4 is 5.97 Å². The summed E-state index contributed by atoms with van der Waals surface area (Å²) < 4.78 is 5.79. The minimum absolute atomic E-state index is 0.155. The fourth-order valence-electron chi connectivity index (χ4n) is 1.78. The van der Waals surface area contributed by atoms with Gasteiger partial charge >= 0.3 is 5.97 Å². The van der Waals surface area contributed by atoms with E-state index in [1.807, 2.05) is 38.1 Å². The van der Waals surface area contributed by atoms with E-state index in [9.17, 15) is 4.79 Å². The summed E-state index contributed by atoms with van der Waals surface area (Å²) in [4.78, 5) is 10.8. The number of carbonyl (C=O) groups is 1. The van der Waals surface area contributed by atoms with Crippen molar-refractivity contribution in [1.29, 1.82) is 0 Å². The van der Waals surface area contributed by atoms with Crippen LogP contribution in [0.3, 0.4) is 0 Å². The molecule has 0 aliphatic heterocycles. The lowest BCUT2D eigenvalue weighted by atomic mass is 10.0. The minimum Gasteiger partial charge on any atom is -0.489 e. The van der Waals surface area contributed by atoms with Gasteiger partial charge in [0.25, 0.3) is 0 Å². The van der Waals surface area contributed by atoms with Gasteiger partial charge in [-0.1, -0.05) is 45.9 Å². The lowest BCUT2D eigenvalue weighted by Crippen LogP contribution is -2.10. The van der Waals surface area contributed by atoms with Crippen molar-refractivity contribution in [2.45, 2.75) is 33.6 Å². The molecule has 0 aliphatic carbocycles. The second kappa shape index (κ2) is 6.98. The molecule has 0 unspecified atom stereocenters. The summed E-state index contributed by atoms with van der Waals surface area (Å²) in [6.07, 6.45) is 1.24. The van der Waals surface area contributed by atoms with E-state index in [1.165, 1.54) is 6.08 Å². The molecule has 104 valence electrons. The Labute approximate surface area is 114 Å². The Bertz CT molecular complexity index is 459. The third kappa shape index (κ3) is 4.78. The van der Waals surface area contributed by atoms with E-state index < -0.39 is 5.97 Å². The van der Waals surface area contributed by atoms with Crippen LogP contribution in [0, 0.1) is 5.92 Å². The molecular formula is C16H22O3. The summed E-state index contributed by atoms with van der Waals surface area (Å²) >= 11 is 0. The molecule has 0 bridgehead atoms. The normalized spacial score (nSPS) is 12.0. The molecule has 0 fully saturated rings. The van der Waals surface area contributed by atoms with E-state index in [2.05, 4.69) is 13.8 Å². The van der Waals surface area contributed by atoms with Crippen LogP contribution in [0.4, 0.5) is 0 Å². The second-order valence-electron chi connectivity index (χ2n) is 5.19. The average molecular weight is 262 g/mol. The zero-order chi connectivity index (χ0) is 14.4. The van der Waals surface area contributed by atoms with Crippen molar-refractivity contribution in [2.75, 3.05) is 6.61 Å². The molecule has 0 aromatic heterocycles. The van der Waals surface area contributed by atoms with Gasteiger partial charge in [0, 0.05) is 6.08 Å². The number of ether oxygens (including phenoxy) is 1. The van der Waals surface area contributed by atoms with E-state index in [0.717, 1.165) is 16.9 Å². The SMILES string of the molecule is CC(C)/C(=C\C(=O)O)COc1ccccc1C(C)C. The molecule has 1 aromatic carbocycles. The highest BCUT2D eigenvalue weighted by molar-refractivity contribution is 5.80. The number of para-hydroxylation sites is 1. The van der Waals surface area contributed by atoms with Crippen molar-refractivity contribution in [3.63, 3.8) is 0 Å². The molecule has 1 rings (SSSR count). The first-order chi connectivity index (χ1) is 8.91. The van der Waals surface area contributed by atoms with Gasteiger partial charge in [0.2, 0.25) is 0 Å². The summed E-state index contributed by atoms with van der Waals surface area (Å²) in [7, 11) is 0. The van der Waals surface area contributed by atoms with Gasteiger partial charge in [0.05, 0.1) is 0 Å². The maximum atomic E-state index is 10.8. The number of rotatable bonds is 6. The molecule has 0 spiro atoms. The largest absolute Gasteiger partial charge is 0.489 e. The second-order valence-corrected chi connectivity index (χ2v) is 5.19. The van der Waals surface area contributed by atoms with Gasteiger partial charge in [-0.3, -0.25) is 0 Å². The minimum atomic E-state index is -0.926. The Balaban J connectivity index is 2.83. The van der Waals surface area contributed by atoms with Crippen molar-refractivity contribution < 1.29 is 14.6 Å². The number of benzene rings is 1. The van der Waals surface area contributed by atoms with E-state index in [1.54, 1.807) is 0 Å². The van der Waals surface area contributed by atoms with Gasteiger partial charge in [-0.2, -0.15) is 0 Å². The monoisotopic (exact) mass is 262 g/mol. The van der Waals surface area contributed by atoms with Gasteiger partial charge in [0.1, 0.15) is 12.4 Å². The van der Waals surface area contributed by atoms with E-state index >= 15 is 0 Å². The number of hydrogen-bond donors (Lipinski definition) is 1. The lowest BCUT2D eigenvalue weighted by molar-refractivity contribution is -0.131. The molecule has 19 heavy (non-hydrogen) atoms. The zero-order valence-corrected chi connectivity index (χ0v) is 12.0. The maximum Gasteiger partial charge on any atom is 0.328 e. The molecule has 0 saturated heterocycles. The molecule has 0 atom stereocenters. The first-order valence-electron chi connectivity index (χ1n) is 6.57. The number of hydrogen-bond acceptors (Lipinski definition) is 2. The summed E-state index contributed by atoms with van der Waals surface area (Å²) in [6.45, 7) is 8.46. The Morgan fingerprint density at radius 3 is 2.42 bits per heavy atom. The molecule has 0 heterocycles. The zero-order valence-electron chi connectivity index (χ0n) is 12.0. The summed E-state index contributed by atoms with van der Waals surface area (Å²) in [5.41, 5.74) is 1.92. The highest BCUT2D eigenvalue weighted by Gasteiger charge is 2.10. The van der Waals surface area contributed by atoms with Crippen LogP contribution in [0.2, 0.25) is 0 Å². The predicted octanol–water partition coefficient (Wildman–Crippen LogP) is 3.86. The van der Waals surface area contributed by atoms with Crippen molar-refractivity contribution in [3.8, 4) is 5.75 Å². The molecule has 0 saturated carbocycles. The number of carboxylic acid groups (broad SMARTS) is 1. The molecule has 3 nitrogen and oxygen atoms in total. The van der Waals surface area contributed by atoms with Crippen LogP contribution in [0.25, 0.3) is 0 Å². The van der Waals surface area contributed by atoms with Crippen LogP contribution in [-0.2, 0) is 4.79 Å². The van der Waals surface area contributed by atoms with Crippen LogP contribution in [0.15, 0.2) is 35.9 Å². The van der Waals surface area contributed by atoms with Crippen molar-refractivity contribution in [2.24, 2.45) is 5.92 Å². The fraction of sp³-hybridized carbons (Fsp3) is 0.438. The molecule has 0 amide bonds. The topological polar surface area (TPSA) is 46.5 Å². The van der Waals surface area contributed by atoms with E-state index in [4.69, 9.17) is 9.84 Å². The van der Waals surface area contributed by atoms with Crippen molar-refractivity contribution in [3.05, 3.63) is 41.5 Å². The van der Waals surface area contributed by atoms with Crippen molar-refractivity contribution in [1.82, 2.24) is 0 Å². The number of carboxylic acids is 1. The Hall–Kier alpha value is -1.77. The first-order valence-corrected chi connectivity index (χ1v) is 6.57. The van der Waals surface area contributed by atoms with E-state index in [-0.39, 0.29) is 5.92 Å². The molecule has 0 radical (unpaired) electrons. The van der Waals surface area contributed by atoms with E-state index in [0.29, 0.717) is 12.5 Å². The Kier molecular flexibility index (Phi) is 5.61. The fourth-order valence-corrected chi connectivity index (χ4v) is 1.78. The van der Waals surface area contributed by atoms with Gasteiger partial charge in [-0.05, 0) is 29.0 Å². The standard InChI is InChI=1S/C16H22O3/c1-11(2)13(9-16(17)18)10-19-15-8-6-5-7-14(15)12(3)4/h5-9,11-12H,10H2,1-4H3,(H,17,18)/b13-9-. The third-order valence-corrected chi connectivity index (χ3v) is 2.99. The lowest BCUT2D eigenvalue weighted by Gasteiger charge is -2.16.